The number of aromatic nitrogens is 2. The Bertz CT molecular complexity index is 1250. The van der Waals surface area contributed by atoms with Crippen molar-refractivity contribution in [2.24, 2.45) is 13.0 Å². The first-order valence-electron chi connectivity index (χ1n) is 10.9. The van der Waals surface area contributed by atoms with Crippen LogP contribution in [0.1, 0.15) is 39.4 Å². The summed E-state index contributed by atoms with van der Waals surface area (Å²) >= 11 is 1.41. The summed E-state index contributed by atoms with van der Waals surface area (Å²) in [5, 5.41) is 20.1. The second-order valence-electron chi connectivity index (χ2n) is 8.16. The lowest BCUT2D eigenvalue weighted by Gasteiger charge is -2.21. The van der Waals surface area contributed by atoms with Crippen molar-refractivity contribution >= 4 is 34.4 Å². The monoisotopic (exact) mass is 479 g/mol. The number of ether oxygens (including phenoxy) is 1. The summed E-state index contributed by atoms with van der Waals surface area (Å²) in [5.41, 5.74) is 4.07. The summed E-state index contributed by atoms with van der Waals surface area (Å²) in [5.74, 6) is -0.150. The smallest absolute Gasteiger partial charge is 0.407 e. The SMILES string of the molecule is Cc1cc(CNC(=O)OCC2CCc3c(sc(NC(=O)/C=C/c4ccoc4)c3C#N)C2)n(C)n1. The number of carbonyl (C=O) groups excluding carboxylic acids is 2. The molecular weight excluding hydrogens is 454 g/mol. The van der Waals surface area contributed by atoms with Crippen LogP contribution in [0.2, 0.25) is 0 Å². The molecule has 0 aliphatic heterocycles. The fourth-order valence-corrected chi connectivity index (χ4v) is 5.25. The van der Waals surface area contributed by atoms with E-state index in [2.05, 4.69) is 21.8 Å². The number of nitriles is 1. The lowest BCUT2D eigenvalue weighted by atomic mass is 9.88. The number of alkyl carbamates (subject to hydrolysis) is 1. The van der Waals surface area contributed by atoms with Crippen molar-refractivity contribution in [1.29, 1.82) is 5.26 Å². The molecule has 0 radical (unpaired) electrons. The van der Waals surface area contributed by atoms with E-state index in [-0.39, 0.29) is 11.8 Å². The van der Waals surface area contributed by atoms with Crippen molar-refractivity contribution in [3.05, 3.63) is 63.7 Å². The van der Waals surface area contributed by atoms with Gasteiger partial charge in [-0.25, -0.2) is 4.79 Å². The number of amides is 2. The average Bonchev–Trinajstić information content (AvgIpc) is 3.53. The number of aryl methyl sites for hydroxylation is 2. The van der Waals surface area contributed by atoms with Crippen molar-refractivity contribution in [2.75, 3.05) is 11.9 Å². The minimum absolute atomic E-state index is 0.159. The third-order valence-electron chi connectivity index (χ3n) is 5.65. The number of carbonyl (C=O) groups is 2. The molecule has 1 unspecified atom stereocenters. The van der Waals surface area contributed by atoms with Crippen LogP contribution in [0.5, 0.6) is 0 Å². The molecule has 9 nitrogen and oxygen atoms in total. The summed E-state index contributed by atoms with van der Waals surface area (Å²) in [6, 6.07) is 5.90. The number of hydrogen-bond acceptors (Lipinski definition) is 7. The van der Waals surface area contributed by atoms with Gasteiger partial charge in [0.15, 0.2) is 0 Å². The summed E-state index contributed by atoms with van der Waals surface area (Å²) in [6.07, 6.45) is 7.87. The van der Waals surface area contributed by atoms with Crippen molar-refractivity contribution in [1.82, 2.24) is 15.1 Å². The summed E-state index contributed by atoms with van der Waals surface area (Å²) in [4.78, 5) is 25.5. The Kier molecular flexibility index (Phi) is 7.13. The number of rotatable bonds is 7. The number of nitrogens with zero attached hydrogens (tertiary/aromatic N) is 3. The molecule has 2 N–H and O–H groups in total. The van der Waals surface area contributed by atoms with Crippen LogP contribution in [0.25, 0.3) is 6.08 Å². The third kappa shape index (κ3) is 5.55. The van der Waals surface area contributed by atoms with E-state index in [0.717, 1.165) is 33.8 Å². The van der Waals surface area contributed by atoms with Gasteiger partial charge in [-0.15, -0.1) is 11.3 Å². The van der Waals surface area contributed by atoms with E-state index in [9.17, 15) is 14.9 Å². The number of thiophene rings is 1. The van der Waals surface area contributed by atoms with Crippen molar-refractivity contribution < 1.29 is 18.7 Å². The zero-order valence-corrected chi connectivity index (χ0v) is 19.8. The number of anilines is 1. The molecule has 3 aromatic heterocycles. The molecule has 0 saturated heterocycles. The van der Waals surface area contributed by atoms with E-state index in [0.29, 0.717) is 36.6 Å². The van der Waals surface area contributed by atoms with Crippen LogP contribution in [-0.4, -0.2) is 28.4 Å². The van der Waals surface area contributed by atoms with E-state index in [1.807, 2.05) is 20.0 Å². The fraction of sp³-hybridized carbons (Fsp3) is 0.333. The molecule has 34 heavy (non-hydrogen) atoms. The Labute approximate surface area is 201 Å². The molecule has 176 valence electrons. The Morgan fingerprint density at radius 3 is 3.03 bits per heavy atom. The minimum atomic E-state index is -0.467. The van der Waals surface area contributed by atoms with Gasteiger partial charge >= 0.3 is 6.09 Å². The molecule has 10 heteroatoms. The summed E-state index contributed by atoms with van der Waals surface area (Å²) < 4.78 is 12.1. The molecule has 3 aromatic rings. The maximum atomic E-state index is 12.3. The van der Waals surface area contributed by atoms with Crippen LogP contribution in [0.3, 0.4) is 0 Å². The normalized spacial score (nSPS) is 15.0. The maximum Gasteiger partial charge on any atom is 0.407 e. The van der Waals surface area contributed by atoms with Crippen LogP contribution >= 0.6 is 11.3 Å². The molecule has 3 heterocycles. The second-order valence-corrected chi connectivity index (χ2v) is 9.27. The van der Waals surface area contributed by atoms with Crippen molar-refractivity contribution in [3.63, 3.8) is 0 Å². The van der Waals surface area contributed by atoms with Crippen LogP contribution in [-0.2, 0) is 36.0 Å². The molecule has 0 spiro atoms. The summed E-state index contributed by atoms with van der Waals surface area (Å²) in [7, 11) is 1.83. The zero-order valence-electron chi connectivity index (χ0n) is 19.0. The quantitative estimate of drug-likeness (QED) is 0.495. The maximum absolute atomic E-state index is 12.3. The fourth-order valence-electron chi connectivity index (χ4n) is 3.94. The van der Waals surface area contributed by atoms with Gasteiger partial charge in [0.2, 0.25) is 5.91 Å². The molecule has 0 aromatic carbocycles. The second kappa shape index (κ2) is 10.4. The molecule has 1 atom stereocenters. The van der Waals surface area contributed by atoms with Crippen LogP contribution in [0.4, 0.5) is 9.80 Å². The van der Waals surface area contributed by atoms with E-state index >= 15 is 0 Å². The minimum Gasteiger partial charge on any atom is -0.472 e. The van der Waals surface area contributed by atoms with Crippen molar-refractivity contribution in [3.8, 4) is 6.07 Å². The molecule has 1 aliphatic carbocycles. The third-order valence-corrected chi connectivity index (χ3v) is 6.82. The predicted octanol–water partition coefficient (Wildman–Crippen LogP) is 3.94. The first-order valence-corrected chi connectivity index (χ1v) is 11.7. The molecule has 2 amide bonds. The number of fused-ring (bicyclic) bond motifs is 1. The molecular formula is C24H25N5O4S. The van der Waals surface area contributed by atoms with Crippen LogP contribution in [0, 0.1) is 24.2 Å². The Morgan fingerprint density at radius 2 is 2.32 bits per heavy atom. The zero-order chi connectivity index (χ0) is 24.1. The Hall–Kier alpha value is -3.84. The van der Waals surface area contributed by atoms with Crippen molar-refractivity contribution in [2.45, 2.75) is 32.7 Å². The average molecular weight is 480 g/mol. The molecule has 1 aliphatic rings. The number of hydrogen-bond donors (Lipinski definition) is 2. The Morgan fingerprint density at radius 1 is 1.47 bits per heavy atom. The number of furan rings is 1. The lowest BCUT2D eigenvalue weighted by molar-refractivity contribution is -0.111. The molecule has 0 bridgehead atoms. The van der Waals surface area contributed by atoms with Gasteiger partial charge in [0, 0.05) is 23.6 Å². The van der Waals surface area contributed by atoms with E-state index < -0.39 is 6.09 Å². The molecule has 0 saturated carbocycles. The van der Waals surface area contributed by atoms with Gasteiger partial charge in [-0.1, -0.05) is 0 Å². The first-order chi connectivity index (χ1) is 16.4. The standard InChI is InChI=1S/C24H25N5O4S/c1-15-9-18(29(2)28-15)12-26-24(31)33-14-17-3-5-19-20(11-25)23(34-21(19)10-17)27-22(30)6-4-16-7-8-32-13-16/h4,6-9,13,17H,3,5,10,12,14H2,1-2H3,(H,26,31)(H,27,30)/b6-4+. The molecule has 0 fully saturated rings. The summed E-state index contributed by atoms with van der Waals surface area (Å²) in [6.45, 7) is 2.54. The first kappa shape index (κ1) is 23.3. The highest BCUT2D eigenvalue weighted by Crippen LogP contribution is 2.39. The van der Waals surface area contributed by atoms with Gasteiger partial charge in [0.05, 0.1) is 42.6 Å². The molecule has 4 rings (SSSR count). The highest BCUT2D eigenvalue weighted by atomic mass is 32.1. The number of nitrogens with one attached hydrogen (secondary N) is 2. The van der Waals surface area contributed by atoms with Gasteiger partial charge in [0.1, 0.15) is 11.1 Å². The van der Waals surface area contributed by atoms with Gasteiger partial charge in [-0.3, -0.25) is 9.48 Å². The lowest BCUT2D eigenvalue weighted by Crippen LogP contribution is -2.28. The highest BCUT2D eigenvalue weighted by Gasteiger charge is 2.27. The highest BCUT2D eigenvalue weighted by molar-refractivity contribution is 7.16. The van der Waals surface area contributed by atoms with E-state index in [4.69, 9.17) is 9.15 Å². The largest absolute Gasteiger partial charge is 0.472 e. The van der Waals surface area contributed by atoms with E-state index in [1.165, 1.54) is 29.9 Å². The van der Waals surface area contributed by atoms with Gasteiger partial charge in [0.25, 0.3) is 0 Å². The van der Waals surface area contributed by atoms with E-state index in [1.54, 1.807) is 16.8 Å². The van der Waals surface area contributed by atoms with Gasteiger partial charge < -0.3 is 19.8 Å². The van der Waals surface area contributed by atoms with Crippen LogP contribution < -0.4 is 10.6 Å². The van der Waals surface area contributed by atoms with Gasteiger partial charge in [-0.2, -0.15) is 10.4 Å². The topological polar surface area (TPSA) is 122 Å². The predicted molar refractivity (Wildman–Crippen MR) is 127 cm³/mol. The van der Waals surface area contributed by atoms with Gasteiger partial charge in [-0.05, 0) is 55.9 Å². The Balaban J connectivity index is 1.31. The van der Waals surface area contributed by atoms with Crippen LogP contribution in [0.15, 0.2) is 35.2 Å².